The summed E-state index contributed by atoms with van der Waals surface area (Å²) in [5.41, 5.74) is 0.211. The number of aliphatic hydroxyl groups excluding tert-OH is 1. The third-order valence-electron chi connectivity index (χ3n) is 4.65. The SMILES string of the molecule is COc1cccc(N2C(=O)C(O)=C(C(=O)C(C)(C)C)C2c2cccc(O)c2)c1. The van der Waals surface area contributed by atoms with Gasteiger partial charge in [-0.25, -0.2) is 0 Å². The van der Waals surface area contributed by atoms with Gasteiger partial charge < -0.3 is 14.9 Å². The molecular formula is C22H23NO5. The van der Waals surface area contributed by atoms with Gasteiger partial charge in [0.05, 0.1) is 18.7 Å². The Kier molecular flexibility index (Phi) is 4.89. The van der Waals surface area contributed by atoms with Crippen molar-refractivity contribution in [1.82, 2.24) is 0 Å². The summed E-state index contributed by atoms with van der Waals surface area (Å²) in [6.45, 7) is 5.19. The van der Waals surface area contributed by atoms with Gasteiger partial charge >= 0.3 is 0 Å². The van der Waals surface area contributed by atoms with Gasteiger partial charge in [-0.1, -0.05) is 39.0 Å². The standard InChI is InChI=1S/C22H23NO5/c1-22(2,3)20(26)17-18(13-7-5-9-15(24)11-13)23(21(27)19(17)25)14-8-6-10-16(12-14)28-4/h5-12,18,24-25H,1-4H3. The molecule has 6 nitrogen and oxygen atoms in total. The van der Waals surface area contributed by atoms with Crippen LogP contribution < -0.4 is 9.64 Å². The molecule has 0 bridgehead atoms. The number of aliphatic hydroxyl groups is 1. The Bertz CT molecular complexity index is 971. The first-order valence-electron chi connectivity index (χ1n) is 8.89. The maximum atomic E-state index is 13.1. The Morgan fingerprint density at radius 2 is 1.75 bits per heavy atom. The molecule has 0 fully saturated rings. The number of phenolic OH excluding ortho intramolecular Hbond substituents is 1. The number of anilines is 1. The molecule has 6 heteroatoms. The van der Waals surface area contributed by atoms with Crippen LogP contribution in [-0.4, -0.2) is 29.0 Å². The molecule has 1 atom stereocenters. The highest BCUT2D eigenvalue weighted by Gasteiger charge is 2.46. The molecule has 2 aromatic rings. The van der Waals surface area contributed by atoms with Crippen LogP contribution in [0.25, 0.3) is 0 Å². The smallest absolute Gasteiger partial charge is 0.294 e. The van der Waals surface area contributed by atoms with Crippen molar-refractivity contribution in [2.24, 2.45) is 5.41 Å². The van der Waals surface area contributed by atoms with E-state index in [1.54, 1.807) is 57.2 Å². The van der Waals surface area contributed by atoms with Gasteiger partial charge in [-0.15, -0.1) is 0 Å². The van der Waals surface area contributed by atoms with Crippen LogP contribution in [0.5, 0.6) is 11.5 Å². The Morgan fingerprint density at radius 3 is 2.36 bits per heavy atom. The zero-order valence-corrected chi connectivity index (χ0v) is 16.3. The van der Waals surface area contributed by atoms with Crippen molar-refractivity contribution < 1.29 is 24.5 Å². The van der Waals surface area contributed by atoms with Crippen molar-refractivity contribution in [3.8, 4) is 11.5 Å². The van der Waals surface area contributed by atoms with Crippen LogP contribution in [0, 0.1) is 5.41 Å². The monoisotopic (exact) mass is 381 g/mol. The highest BCUT2D eigenvalue weighted by molar-refractivity contribution is 6.17. The third kappa shape index (κ3) is 3.33. The van der Waals surface area contributed by atoms with Crippen molar-refractivity contribution in [2.75, 3.05) is 12.0 Å². The molecule has 0 aliphatic carbocycles. The lowest BCUT2D eigenvalue weighted by Crippen LogP contribution is -2.32. The second-order valence-electron chi connectivity index (χ2n) is 7.72. The molecule has 1 heterocycles. The molecule has 1 unspecified atom stereocenters. The van der Waals surface area contributed by atoms with Gasteiger partial charge in [0, 0.05) is 17.2 Å². The molecule has 0 aromatic heterocycles. The van der Waals surface area contributed by atoms with E-state index in [1.165, 1.54) is 24.1 Å². The van der Waals surface area contributed by atoms with Gasteiger partial charge in [-0.2, -0.15) is 0 Å². The first kappa shape index (κ1) is 19.5. The number of Topliss-reactive ketones (excluding diaryl/α,β-unsaturated/α-hetero) is 1. The fourth-order valence-corrected chi connectivity index (χ4v) is 3.28. The highest BCUT2D eigenvalue weighted by atomic mass is 16.5. The van der Waals surface area contributed by atoms with E-state index in [0.29, 0.717) is 17.0 Å². The van der Waals surface area contributed by atoms with E-state index in [-0.39, 0.29) is 17.1 Å². The zero-order valence-electron chi connectivity index (χ0n) is 16.3. The van der Waals surface area contributed by atoms with E-state index in [1.807, 2.05) is 0 Å². The van der Waals surface area contributed by atoms with E-state index < -0.39 is 23.1 Å². The van der Waals surface area contributed by atoms with Gasteiger partial charge in [0.15, 0.2) is 11.5 Å². The van der Waals surface area contributed by atoms with Gasteiger partial charge in [0.1, 0.15) is 11.5 Å². The molecule has 1 aliphatic heterocycles. The average molecular weight is 381 g/mol. The molecule has 0 saturated heterocycles. The molecule has 146 valence electrons. The number of amides is 1. The zero-order chi connectivity index (χ0) is 20.6. The van der Waals surface area contributed by atoms with Crippen LogP contribution in [0.1, 0.15) is 32.4 Å². The Hall–Kier alpha value is -3.28. The third-order valence-corrected chi connectivity index (χ3v) is 4.65. The molecule has 2 aromatic carbocycles. The van der Waals surface area contributed by atoms with Crippen molar-refractivity contribution in [3.05, 3.63) is 65.4 Å². The highest BCUT2D eigenvalue weighted by Crippen LogP contribution is 2.44. The molecule has 1 amide bonds. The first-order chi connectivity index (χ1) is 13.1. The van der Waals surface area contributed by atoms with Crippen molar-refractivity contribution in [1.29, 1.82) is 0 Å². The average Bonchev–Trinajstić information content (AvgIpc) is 2.91. The fraction of sp³-hybridized carbons (Fsp3) is 0.273. The molecule has 2 N–H and O–H groups in total. The Morgan fingerprint density at radius 1 is 1.07 bits per heavy atom. The lowest BCUT2D eigenvalue weighted by atomic mass is 9.82. The summed E-state index contributed by atoms with van der Waals surface area (Å²) in [6, 6.07) is 12.3. The van der Waals surface area contributed by atoms with Crippen LogP contribution in [-0.2, 0) is 9.59 Å². The van der Waals surface area contributed by atoms with Crippen LogP contribution in [0.4, 0.5) is 5.69 Å². The summed E-state index contributed by atoms with van der Waals surface area (Å²) in [6.07, 6.45) is 0. The minimum atomic E-state index is -0.863. The summed E-state index contributed by atoms with van der Waals surface area (Å²) >= 11 is 0. The predicted octanol–water partition coefficient (Wildman–Crippen LogP) is 3.92. The van der Waals surface area contributed by atoms with Gasteiger partial charge in [-0.3, -0.25) is 14.5 Å². The number of hydrogen-bond acceptors (Lipinski definition) is 5. The van der Waals surface area contributed by atoms with Crippen molar-refractivity contribution >= 4 is 17.4 Å². The largest absolute Gasteiger partial charge is 0.508 e. The van der Waals surface area contributed by atoms with E-state index >= 15 is 0 Å². The molecule has 3 rings (SSSR count). The normalized spacial score (nSPS) is 17.2. The number of rotatable bonds is 4. The number of ether oxygens (including phenoxy) is 1. The fourth-order valence-electron chi connectivity index (χ4n) is 3.28. The number of carbonyl (C=O) groups excluding carboxylic acids is 2. The second-order valence-corrected chi connectivity index (χ2v) is 7.72. The maximum Gasteiger partial charge on any atom is 0.294 e. The summed E-state index contributed by atoms with van der Waals surface area (Å²) < 4.78 is 5.24. The number of ketones is 1. The van der Waals surface area contributed by atoms with Crippen molar-refractivity contribution in [2.45, 2.75) is 26.8 Å². The number of carbonyl (C=O) groups is 2. The molecule has 0 radical (unpaired) electrons. The number of phenols is 1. The number of hydrogen-bond donors (Lipinski definition) is 2. The number of nitrogens with zero attached hydrogens (tertiary/aromatic N) is 1. The predicted molar refractivity (Wildman–Crippen MR) is 105 cm³/mol. The number of benzene rings is 2. The molecular weight excluding hydrogens is 358 g/mol. The van der Waals surface area contributed by atoms with Crippen molar-refractivity contribution in [3.63, 3.8) is 0 Å². The van der Waals surface area contributed by atoms with Gasteiger partial charge in [-0.05, 0) is 29.8 Å². The summed E-state index contributed by atoms with van der Waals surface area (Å²) in [7, 11) is 1.52. The quantitative estimate of drug-likeness (QED) is 0.838. The van der Waals surface area contributed by atoms with Crippen LogP contribution >= 0.6 is 0 Å². The van der Waals surface area contributed by atoms with Crippen LogP contribution in [0.2, 0.25) is 0 Å². The van der Waals surface area contributed by atoms with Gasteiger partial charge in [0.25, 0.3) is 5.91 Å². The Labute approximate surface area is 163 Å². The molecule has 1 aliphatic rings. The van der Waals surface area contributed by atoms with Gasteiger partial charge in [0.2, 0.25) is 0 Å². The topological polar surface area (TPSA) is 87.1 Å². The maximum absolute atomic E-state index is 13.1. The minimum Gasteiger partial charge on any atom is -0.508 e. The summed E-state index contributed by atoms with van der Waals surface area (Å²) in [5.74, 6) is -1.04. The molecule has 28 heavy (non-hydrogen) atoms. The minimum absolute atomic E-state index is 0.00416. The lowest BCUT2D eigenvalue weighted by molar-refractivity contribution is -0.123. The van der Waals surface area contributed by atoms with Crippen LogP contribution in [0.15, 0.2) is 59.9 Å². The second kappa shape index (κ2) is 7.03. The number of methoxy groups -OCH3 is 1. The Balaban J connectivity index is 2.22. The first-order valence-corrected chi connectivity index (χ1v) is 8.89. The summed E-state index contributed by atoms with van der Waals surface area (Å²) in [4.78, 5) is 27.4. The van der Waals surface area contributed by atoms with E-state index in [9.17, 15) is 19.8 Å². The van der Waals surface area contributed by atoms with E-state index in [2.05, 4.69) is 0 Å². The van der Waals surface area contributed by atoms with E-state index in [4.69, 9.17) is 4.74 Å². The molecule has 0 spiro atoms. The van der Waals surface area contributed by atoms with E-state index in [0.717, 1.165) is 0 Å². The van der Waals surface area contributed by atoms with Crippen LogP contribution in [0.3, 0.4) is 0 Å². The number of aromatic hydroxyl groups is 1. The molecule has 0 saturated carbocycles. The summed E-state index contributed by atoms with van der Waals surface area (Å²) in [5, 5.41) is 20.6. The lowest BCUT2D eigenvalue weighted by Gasteiger charge is -2.29.